The van der Waals surface area contributed by atoms with Crippen molar-refractivity contribution in [2.75, 3.05) is 0 Å². The van der Waals surface area contributed by atoms with Gasteiger partial charge in [-0.1, -0.05) is 15.9 Å². The molecule has 0 aliphatic rings. The Bertz CT molecular complexity index is 466. The van der Waals surface area contributed by atoms with Crippen LogP contribution in [0, 0.1) is 10.1 Å². The van der Waals surface area contributed by atoms with Crippen LogP contribution >= 0.6 is 15.9 Å². The van der Waals surface area contributed by atoms with Gasteiger partial charge in [0.05, 0.1) is 11.3 Å². The van der Waals surface area contributed by atoms with Crippen LogP contribution in [-0.2, 0) is 6.54 Å². The van der Waals surface area contributed by atoms with Crippen molar-refractivity contribution in [3.63, 3.8) is 0 Å². The average Bonchev–Trinajstić information content (AvgIpc) is 2.24. The Balaban J connectivity index is 2.61. The largest absolute Gasteiger partial charge is 0.390 e. The van der Waals surface area contributed by atoms with Crippen molar-refractivity contribution in [3.05, 3.63) is 38.3 Å². The van der Waals surface area contributed by atoms with Crippen LogP contribution in [0.4, 0.5) is 18.9 Å². The van der Waals surface area contributed by atoms with Crippen LogP contribution in [0.5, 0.6) is 0 Å². The number of benzene rings is 1. The first-order valence-electron chi connectivity index (χ1n) is 5.42. The summed E-state index contributed by atoms with van der Waals surface area (Å²) in [5.74, 6) is 0. The lowest BCUT2D eigenvalue weighted by atomic mass is 10.1. The van der Waals surface area contributed by atoms with Crippen LogP contribution in [0.2, 0.25) is 0 Å². The zero-order valence-electron chi connectivity index (χ0n) is 10.00. The average molecular weight is 341 g/mol. The van der Waals surface area contributed by atoms with Crippen molar-refractivity contribution >= 4 is 21.6 Å². The minimum absolute atomic E-state index is 0.0704. The molecule has 19 heavy (non-hydrogen) atoms. The fourth-order valence-electron chi connectivity index (χ4n) is 1.50. The van der Waals surface area contributed by atoms with Crippen molar-refractivity contribution in [1.29, 1.82) is 0 Å². The third-order valence-corrected chi connectivity index (χ3v) is 3.16. The van der Waals surface area contributed by atoms with Crippen LogP contribution in [0.1, 0.15) is 18.9 Å². The predicted molar refractivity (Wildman–Crippen MR) is 67.8 cm³/mol. The standard InChI is InChI=1S/C11H12BrF3N2O2/c1-7(5-11(13,14)15)16-6-8-2-3-9(17(18)19)4-10(8)12/h2-4,7,16H,5-6H2,1H3. The number of alkyl halides is 3. The van der Waals surface area contributed by atoms with Gasteiger partial charge in [0, 0.05) is 29.2 Å². The molecule has 0 spiro atoms. The molecule has 0 radical (unpaired) electrons. The summed E-state index contributed by atoms with van der Waals surface area (Å²) >= 11 is 3.16. The fourth-order valence-corrected chi connectivity index (χ4v) is 2.00. The molecule has 0 fully saturated rings. The molecule has 0 aliphatic heterocycles. The van der Waals surface area contributed by atoms with Crippen LogP contribution in [-0.4, -0.2) is 17.1 Å². The molecule has 0 heterocycles. The number of nitro benzene ring substituents is 1. The lowest BCUT2D eigenvalue weighted by Gasteiger charge is -2.16. The summed E-state index contributed by atoms with van der Waals surface area (Å²) in [6, 6.07) is 3.43. The van der Waals surface area contributed by atoms with Gasteiger partial charge in [-0.25, -0.2) is 0 Å². The van der Waals surface area contributed by atoms with E-state index in [2.05, 4.69) is 21.2 Å². The molecule has 106 valence electrons. The van der Waals surface area contributed by atoms with Crippen molar-refractivity contribution < 1.29 is 18.1 Å². The van der Waals surface area contributed by atoms with Crippen LogP contribution in [0.15, 0.2) is 22.7 Å². The highest BCUT2D eigenvalue weighted by Gasteiger charge is 2.29. The third-order valence-electron chi connectivity index (χ3n) is 2.43. The van der Waals surface area contributed by atoms with E-state index in [9.17, 15) is 23.3 Å². The summed E-state index contributed by atoms with van der Waals surface area (Å²) in [6.45, 7) is 1.64. The molecule has 0 aromatic heterocycles. The Kier molecular flexibility index (Phi) is 5.30. The lowest BCUT2D eigenvalue weighted by molar-refractivity contribution is -0.384. The molecule has 1 atom stereocenters. The zero-order valence-corrected chi connectivity index (χ0v) is 11.6. The van der Waals surface area contributed by atoms with Gasteiger partial charge < -0.3 is 5.32 Å². The molecular weight excluding hydrogens is 329 g/mol. The highest BCUT2D eigenvalue weighted by Crippen LogP contribution is 2.24. The monoisotopic (exact) mass is 340 g/mol. The van der Waals surface area contributed by atoms with E-state index in [1.54, 1.807) is 0 Å². The maximum absolute atomic E-state index is 12.1. The summed E-state index contributed by atoms with van der Waals surface area (Å²) < 4.78 is 36.9. The highest BCUT2D eigenvalue weighted by atomic mass is 79.9. The topological polar surface area (TPSA) is 55.2 Å². The van der Waals surface area contributed by atoms with Crippen LogP contribution in [0.25, 0.3) is 0 Å². The molecule has 0 aliphatic carbocycles. The van der Waals surface area contributed by atoms with Gasteiger partial charge in [0.25, 0.3) is 5.69 Å². The van der Waals surface area contributed by atoms with E-state index in [4.69, 9.17) is 0 Å². The first-order valence-corrected chi connectivity index (χ1v) is 6.21. The SMILES string of the molecule is CC(CC(F)(F)F)NCc1ccc([N+](=O)[O-])cc1Br. The summed E-state index contributed by atoms with van der Waals surface area (Å²) in [4.78, 5) is 10.00. The lowest BCUT2D eigenvalue weighted by Crippen LogP contribution is -2.30. The molecule has 0 amide bonds. The van der Waals surface area contributed by atoms with E-state index in [1.807, 2.05) is 0 Å². The van der Waals surface area contributed by atoms with E-state index in [0.29, 0.717) is 10.0 Å². The minimum atomic E-state index is -4.21. The molecule has 0 bridgehead atoms. The van der Waals surface area contributed by atoms with Crippen molar-refractivity contribution in [1.82, 2.24) is 5.32 Å². The van der Waals surface area contributed by atoms with Gasteiger partial charge in [0.2, 0.25) is 0 Å². The quantitative estimate of drug-likeness (QED) is 0.655. The van der Waals surface area contributed by atoms with Crippen LogP contribution in [0.3, 0.4) is 0 Å². The van der Waals surface area contributed by atoms with E-state index >= 15 is 0 Å². The maximum Gasteiger partial charge on any atom is 0.390 e. The van der Waals surface area contributed by atoms with Gasteiger partial charge >= 0.3 is 6.18 Å². The van der Waals surface area contributed by atoms with Gasteiger partial charge in [-0.05, 0) is 18.6 Å². The second kappa shape index (κ2) is 6.33. The highest BCUT2D eigenvalue weighted by molar-refractivity contribution is 9.10. The first-order chi connectivity index (χ1) is 8.69. The van der Waals surface area contributed by atoms with Gasteiger partial charge in [-0.3, -0.25) is 10.1 Å². The van der Waals surface area contributed by atoms with E-state index in [-0.39, 0.29) is 12.2 Å². The van der Waals surface area contributed by atoms with Crippen molar-refractivity contribution in [3.8, 4) is 0 Å². The normalized spacial score (nSPS) is 13.3. The van der Waals surface area contributed by atoms with Crippen LogP contribution < -0.4 is 5.32 Å². The predicted octanol–water partition coefficient (Wildman–Crippen LogP) is 3.79. The maximum atomic E-state index is 12.1. The smallest absolute Gasteiger partial charge is 0.310 e. The third kappa shape index (κ3) is 5.56. The fraction of sp³-hybridized carbons (Fsp3) is 0.455. The van der Waals surface area contributed by atoms with Crippen molar-refractivity contribution in [2.24, 2.45) is 0 Å². The molecule has 0 saturated heterocycles. The molecule has 1 unspecified atom stereocenters. The second-order valence-corrected chi connectivity index (χ2v) is 4.99. The molecule has 8 heteroatoms. The minimum Gasteiger partial charge on any atom is -0.310 e. The summed E-state index contributed by atoms with van der Waals surface area (Å²) in [5.41, 5.74) is 0.596. The van der Waals surface area contributed by atoms with E-state index in [1.165, 1.54) is 25.1 Å². The Labute approximate surface area is 116 Å². The Morgan fingerprint density at radius 1 is 1.47 bits per heavy atom. The molecule has 1 aromatic rings. The second-order valence-electron chi connectivity index (χ2n) is 4.13. The first kappa shape index (κ1) is 15.9. The number of hydrogen-bond acceptors (Lipinski definition) is 3. The number of nitrogens with one attached hydrogen (secondary N) is 1. The molecule has 1 N–H and O–H groups in total. The summed E-state index contributed by atoms with van der Waals surface area (Å²) in [7, 11) is 0. The molecule has 1 rings (SSSR count). The molecule has 4 nitrogen and oxygen atoms in total. The Morgan fingerprint density at radius 2 is 2.11 bits per heavy atom. The zero-order chi connectivity index (χ0) is 14.6. The van der Waals surface area contributed by atoms with E-state index < -0.39 is 23.6 Å². The number of nitro groups is 1. The number of halogens is 4. The summed E-state index contributed by atoms with van der Waals surface area (Å²) in [5, 5.41) is 13.3. The van der Waals surface area contributed by atoms with Gasteiger partial charge in [-0.15, -0.1) is 0 Å². The Hall–Kier alpha value is -1.15. The van der Waals surface area contributed by atoms with Gasteiger partial charge in [-0.2, -0.15) is 13.2 Å². The number of hydrogen-bond donors (Lipinski definition) is 1. The number of non-ortho nitro benzene ring substituents is 1. The molecule has 1 aromatic carbocycles. The number of rotatable bonds is 5. The summed E-state index contributed by atoms with van der Waals surface area (Å²) in [6.07, 6.45) is -5.13. The van der Waals surface area contributed by atoms with Gasteiger partial charge in [0.1, 0.15) is 0 Å². The Morgan fingerprint density at radius 3 is 2.58 bits per heavy atom. The van der Waals surface area contributed by atoms with Crippen molar-refractivity contribution in [2.45, 2.75) is 32.1 Å². The van der Waals surface area contributed by atoms with Gasteiger partial charge in [0.15, 0.2) is 0 Å². The molecule has 0 saturated carbocycles. The van der Waals surface area contributed by atoms with E-state index in [0.717, 1.165) is 0 Å². The molecular formula is C11H12BrF3N2O2. The number of nitrogens with zero attached hydrogens (tertiary/aromatic N) is 1.